The van der Waals surface area contributed by atoms with Gasteiger partial charge in [-0.3, -0.25) is 0 Å². The van der Waals surface area contributed by atoms with Gasteiger partial charge in [0.25, 0.3) is 0 Å². The quantitative estimate of drug-likeness (QED) is 0.619. The molecule has 1 aromatic heterocycles. The van der Waals surface area contributed by atoms with Gasteiger partial charge in [-0.05, 0) is 19.8 Å². The minimum absolute atomic E-state index is 0.157. The van der Waals surface area contributed by atoms with Gasteiger partial charge in [0, 0.05) is 7.05 Å². The Kier molecular flexibility index (Phi) is 1.12. The first-order valence-corrected chi connectivity index (χ1v) is 3.79. The first-order chi connectivity index (χ1) is 5.13. The van der Waals surface area contributed by atoms with Gasteiger partial charge in [-0.1, -0.05) is 0 Å². The Hall–Kier alpha value is -0.900. The number of hydrogen-bond acceptors (Lipinski definition) is 3. The molecule has 1 aliphatic rings. The third-order valence-electron chi connectivity index (χ3n) is 2.33. The van der Waals surface area contributed by atoms with E-state index in [2.05, 4.69) is 10.2 Å². The molecule has 1 aliphatic carbocycles. The van der Waals surface area contributed by atoms with Crippen LogP contribution in [0.5, 0.6) is 0 Å². The molecule has 0 amide bonds. The van der Waals surface area contributed by atoms with Crippen molar-refractivity contribution in [2.75, 3.05) is 0 Å². The molecule has 1 heterocycles. The van der Waals surface area contributed by atoms with Crippen LogP contribution in [-0.2, 0) is 12.6 Å². The lowest BCUT2D eigenvalue weighted by Gasteiger charge is -2.06. The average Bonchev–Trinajstić information content (AvgIpc) is 2.60. The van der Waals surface area contributed by atoms with Crippen molar-refractivity contribution in [1.29, 1.82) is 0 Å². The maximum absolute atomic E-state index is 5.96. The highest BCUT2D eigenvalue weighted by Crippen LogP contribution is 2.41. The lowest BCUT2D eigenvalue weighted by molar-refractivity contribution is 0.624. The predicted octanol–water partition coefficient (Wildman–Crippen LogP) is 0.0713. The molecular formula is C7H12N4. The van der Waals surface area contributed by atoms with Crippen molar-refractivity contribution in [2.24, 2.45) is 12.8 Å². The summed E-state index contributed by atoms with van der Waals surface area (Å²) in [5.41, 5.74) is 5.80. The normalized spacial score (nSPS) is 20.3. The minimum atomic E-state index is -0.157. The minimum Gasteiger partial charge on any atom is -0.319 e. The van der Waals surface area contributed by atoms with Crippen molar-refractivity contribution < 1.29 is 0 Å². The number of aromatic nitrogens is 3. The van der Waals surface area contributed by atoms with Crippen LogP contribution in [-0.4, -0.2) is 14.8 Å². The second kappa shape index (κ2) is 1.82. The Bertz CT molecular complexity index is 285. The third-order valence-corrected chi connectivity index (χ3v) is 2.33. The van der Waals surface area contributed by atoms with Gasteiger partial charge in [0.2, 0.25) is 0 Å². The first kappa shape index (κ1) is 6.79. The molecule has 4 heteroatoms. The molecule has 11 heavy (non-hydrogen) atoms. The van der Waals surface area contributed by atoms with Crippen molar-refractivity contribution in [3.63, 3.8) is 0 Å². The molecule has 0 bridgehead atoms. The summed E-state index contributed by atoms with van der Waals surface area (Å²) in [6.45, 7) is 1.93. The molecular weight excluding hydrogens is 140 g/mol. The van der Waals surface area contributed by atoms with E-state index in [1.54, 1.807) is 0 Å². The summed E-state index contributed by atoms with van der Waals surface area (Å²) >= 11 is 0. The fourth-order valence-corrected chi connectivity index (χ4v) is 1.20. The zero-order chi connectivity index (χ0) is 8.06. The Morgan fingerprint density at radius 3 is 2.45 bits per heavy atom. The summed E-state index contributed by atoms with van der Waals surface area (Å²) < 4.78 is 1.97. The predicted molar refractivity (Wildman–Crippen MR) is 40.8 cm³/mol. The Labute approximate surface area is 65.4 Å². The van der Waals surface area contributed by atoms with Crippen LogP contribution in [0, 0.1) is 6.92 Å². The molecule has 0 saturated heterocycles. The van der Waals surface area contributed by atoms with Crippen LogP contribution in [0.1, 0.15) is 24.5 Å². The monoisotopic (exact) mass is 152 g/mol. The molecule has 1 fully saturated rings. The van der Waals surface area contributed by atoms with Crippen molar-refractivity contribution in [1.82, 2.24) is 14.8 Å². The van der Waals surface area contributed by atoms with Gasteiger partial charge in [-0.25, -0.2) is 0 Å². The van der Waals surface area contributed by atoms with Gasteiger partial charge in [-0.2, -0.15) is 0 Å². The number of aryl methyl sites for hydroxylation is 1. The molecule has 4 nitrogen and oxygen atoms in total. The van der Waals surface area contributed by atoms with Gasteiger partial charge in [0.1, 0.15) is 5.82 Å². The van der Waals surface area contributed by atoms with Crippen molar-refractivity contribution >= 4 is 0 Å². The fourth-order valence-electron chi connectivity index (χ4n) is 1.20. The number of rotatable bonds is 1. The molecule has 2 N–H and O–H groups in total. The van der Waals surface area contributed by atoms with Gasteiger partial charge < -0.3 is 10.3 Å². The molecule has 0 radical (unpaired) electrons. The van der Waals surface area contributed by atoms with Crippen LogP contribution >= 0.6 is 0 Å². The smallest absolute Gasteiger partial charge is 0.152 e. The number of hydrogen-bond donors (Lipinski definition) is 1. The largest absolute Gasteiger partial charge is 0.319 e. The van der Waals surface area contributed by atoms with E-state index in [-0.39, 0.29) is 5.54 Å². The van der Waals surface area contributed by atoms with Crippen LogP contribution in [0.25, 0.3) is 0 Å². The van der Waals surface area contributed by atoms with Crippen LogP contribution in [0.3, 0.4) is 0 Å². The highest BCUT2D eigenvalue weighted by molar-refractivity contribution is 5.15. The molecule has 1 saturated carbocycles. The highest BCUT2D eigenvalue weighted by Gasteiger charge is 2.44. The third kappa shape index (κ3) is 0.860. The lowest BCUT2D eigenvalue weighted by Crippen LogP contribution is -2.23. The zero-order valence-electron chi connectivity index (χ0n) is 6.83. The average molecular weight is 152 g/mol. The maximum Gasteiger partial charge on any atom is 0.152 e. The van der Waals surface area contributed by atoms with Crippen LogP contribution < -0.4 is 5.73 Å². The standard InChI is InChI=1S/C7H12N4/c1-5-9-10-6(11(5)2)7(8)3-4-7/h3-4,8H2,1-2H3. The highest BCUT2D eigenvalue weighted by atomic mass is 15.3. The Morgan fingerprint density at radius 2 is 2.09 bits per heavy atom. The molecule has 0 unspecified atom stereocenters. The van der Waals surface area contributed by atoms with Crippen LogP contribution in [0.15, 0.2) is 0 Å². The molecule has 0 spiro atoms. The summed E-state index contributed by atoms with van der Waals surface area (Å²) in [6.07, 6.45) is 2.08. The molecule has 2 rings (SSSR count). The topological polar surface area (TPSA) is 56.7 Å². The van der Waals surface area contributed by atoms with E-state index in [0.29, 0.717) is 0 Å². The summed E-state index contributed by atoms with van der Waals surface area (Å²) in [6, 6.07) is 0. The van der Waals surface area contributed by atoms with Gasteiger partial charge >= 0.3 is 0 Å². The molecule has 60 valence electrons. The van der Waals surface area contributed by atoms with Gasteiger partial charge in [0.05, 0.1) is 5.54 Å². The van der Waals surface area contributed by atoms with Crippen LogP contribution in [0.4, 0.5) is 0 Å². The van der Waals surface area contributed by atoms with E-state index < -0.39 is 0 Å². The fraction of sp³-hybridized carbons (Fsp3) is 0.714. The Morgan fingerprint density at radius 1 is 1.45 bits per heavy atom. The summed E-state index contributed by atoms with van der Waals surface area (Å²) in [5, 5.41) is 7.99. The zero-order valence-corrected chi connectivity index (χ0v) is 6.83. The first-order valence-electron chi connectivity index (χ1n) is 3.79. The van der Waals surface area contributed by atoms with Gasteiger partial charge in [0.15, 0.2) is 5.82 Å². The van der Waals surface area contributed by atoms with Crippen molar-refractivity contribution in [3.8, 4) is 0 Å². The summed E-state index contributed by atoms with van der Waals surface area (Å²) in [4.78, 5) is 0. The molecule has 0 aromatic carbocycles. The van der Waals surface area contributed by atoms with E-state index >= 15 is 0 Å². The molecule has 0 atom stereocenters. The van der Waals surface area contributed by atoms with E-state index in [1.165, 1.54) is 0 Å². The summed E-state index contributed by atoms with van der Waals surface area (Å²) in [5.74, 6) is 1.85. The van der Waals surface area contributed by atoms with E-state index in [0.717, 1.165) is 24.5 Å². The summed E-state index contributed by atoms with van der Waals surface area (Å²) in [7, 11) is 1.96. The molecule has 1 aromatic rings. The van der Waals surface area contributed by atoms with Crippen LogP contribution in [0.2, 0.25) is 0 Å². The van der Waals surface area contributed by atoms with Gasteiger partial charge in [-0.15, -0.1) is 10.2 Å². The number of nitrogens with zero attached hydrogens (tertiary/aromatic N) is 3. The van der Waals surface area contributed by atoms with E-state index in [9.17, 15) is 0 Å². The molecule has 0 aliphatic heterocycles. The lowest BCUT2D eigenvalue weighted by atomic mass is 10.3. The second-order valence-electron chi connectivity index (χ2n) is 3.29. The SMILES string of the molecule is Cc1nnc(C2(N)CC2)n1C. The van der Waals surface area contributed by atoms with E-state index in [4.69, 9.17) is 5.73 Å². The van der Waals surface area contributed by atoms with E-state index in [1.807, 2.05) is 18.5 Å². The second-order valence-corrected chi connectivity index (χ2v) is 3.29. The number of nitrogens with two attached hydrogens (primary N) is 1. The Balaban J connectivity index is 2.45. The van der Waals surface area contributed by atoms with Crippen molar-refractivity contribution in [3.05, 3.63) is 11.6 Å². The van der Waals surface area contributed by atoms with Crippen molar-refractivity contribution in [2.45, 2.75) is 25.3 Å². The maximum atomic E-state index is 5.96.